The average Bonchev–Trinajstić information content (AvgIpc) is 2.87. The van der Waals surface area contributed by atoms with E-state index >= 15 is 0 Å². The minimum atomic E-state index is 0.150. The molecule has 0 N–H and O–H groups in total. The number of hydrogen-bond donors (Lipinski definition) is 0. The van der Waals surface area contributed by atoms with Crippen molar-refractivity contribution in [1.82, 2.24) is 9.55 Å². The Hall–Kier alpha value is -1.61. The Labute approximate surface area is 114 Å². The van der Waals surface area contributed by atoms with Gasteiger partial charge in [0.1, 0.15) is 11.9 Å². The highest BCUT2D eigenvalue weighted by atomic mass is 16.5. The lowest BCUT2D eigenvalue weighted by atomic mass is 9.97. The first-order chi connectivity index (χ1) is 9.25. The molecule has 1 aromatic heterocycles. The van der Waals surface area contributed by atoms with Crippen molar-refractivity contribution in [3.8, 4) is 0 Å². The molecule has 1 aliphatic heterocycles. The fraction of sp³-hybridized carbons (Fsp3) is 0.438. The molecule has 0 fully saturated rings. The van der Waals surface area contributed by atoms with Gasteiger partial charge in [-0.05, 0) is 17.5 Å². The largest absolute Gasteiger partial charge is 0.371 e. The maximum Gasteiger partial charge on any atom is 0.111 e. The molecule has 0 aliphatic carbocycles. The van der Waals surface area contributed by atoms with Gasteiger partial charge >= 0.3 is 0 Å². The van der Waals surface area contributed by atoms with Crippen LogP contribution in [-0.4, -0.2) is 16.2 Å². The topological polar surface area (TPSA) is 27.1 Å². The molecule has 0 radical (unpaired) electrons. The summed E-state index contributed by atoms with van der Waals surface area (Å²) >= 11 is 0. The lowest BCUT2D eigenvalue weighted by Gasteiger charge is -2.27. The van der Waals surface area contributed by atoms with Crippen molar-refractivity contribution in [3.05, 3.63) is 53.6 Å². The molecule has 19 heavy (non-hydrogen) atoms. The van der Waals surface area contributed by atoms with E-state index < -0.39 is 0 Å². The Morgan fingerprint density at radius 1 is 1.37 bits per heavy atom. The van der Waals surface area contributed by atoms with E-state index in [9.17, 15) is 0 Å². The molecule has 0 spiro atoms. The number of benzene rings is 1. The normalized spacial score (nSPS) is 18.6. The van der Waals surface area contributed by atoms with E-state index in [1.54, 1.807) is 0 Å². The molecule has 1 atom stereocenters. The molecule has 0 bridgehead atoms. The molecule has 1 aromatic carbocycles. The SMILES string of the molecule is CC(C)c1nccn1CC1OCCc2ccccc21. The summed E-state index contributed by atoms with van der Waals surface area (Å²) in [6.07, 6.45) is 5.10. The van der Waals surface area contributed by atoms with Gasteiger partial charge in [0.05, 0.1) is 13.2 Å². The summed E-state index contributed by atoms with van der Waals surface area (Å²) in [5.41, 5.74) is 2.75. The van der Waals surface area contributed by atoms with E-state index in [-0.39, 0.29) is 6.10 Å². The second kappa shape index (κ2) is 5.17. The zero-order chi connectivity index (χ0) is 13.2. The predicted molar refractivity (Wildman–Crippen MR) is 75.2 cm³/mol. The van der Waals surface area contributed by atoms with Gasteiger partial charge in [0.25, 0.3) is 0 Å². The van der Waals surface area contributed by atoms with E-state index in [1.165, 1.54) is 11.1 Å². The van der Waals surface area contributed by atoms with E-state index in [4.69, 9.17) is 4.74 Å². The molecular weight excluding hydrogens is 236 g/mol. The molecule has 0 saturated carbocycles. The summed E-state index contributed by atoms with van der Waals surface area (Å²) < 4.78 is 8.18. The highest BCUT2D eigenvalue weighted by Gasteiger charge is 2.21. The van der Waals surface area contributed by atoms with Gasteiger partial charge in [0.2, 0.25) is 0 Å². The molecule has 100 valence electrons. The van der Waals surface area contributed by atoms with Gasteiger partial charge in [0, 0.05) is 18.3 Å². The van der Waals surface area contributed by atoms with Crippen LogP contribution in [0.1, 0.15) is 42.8 Å². The van der Waals surface area contributed by atoms with Gasteiger partial charge in [-0.25, -0.2) is 4.98 Å². The van der Waals surface area contributed by atoms with Crippen LogP contribution < -0.4 is 0 Å². The van der Waals surface area contributed by atoms with E-state index in [2.05, 4.69) is 53.9 Å². The molecule has 3 rings (SSSR count). The second-order valence-corrected chi connectivity index (χ2v) is 5.40. The first-order valence-electron chi connectivity index (χ1n) is 6.96. The maximum atomic E-state index is 5.96. The zero-order valence-corrected chi connectivity index (χ0v) is 11.5. The van der Waals surface area contributed by atoms with Crippen LogP contribution in [0.2, 0.25) is 0 Å². The fourth-order valence-electron chi connectivity index (χ4n) is 2.78. The van der Waals surface area contributed by atoms with E-state index in [1.807, 2.05) is 6.20 Å². The number of nitrogens with zero attached hydrogens (tertiary/aromatic N) is 2. The first-order valence-corrected chi connectivity index (χ1v) is 6.96. The summed E-state index contributed by atoms with van der Waals surface area (Å²) in [6, 6.07) is 8.60. The lowest BCUT2D eigenvalue weighted by Crippen LogP contribution is -2.21. The Bertz CT molecular complexity index is 559. The highest BCUT2D eigenvalue weighted by molar-refractivity contribution is 5.30. The summed E-state index contributed by atoms with van der Waals surface area (Å²) in [5.74, 6) is 1.57. The average molecular weight is 256 g/mol. The van der Waals surface area contributed by atoms with Crippen LogP contribution in [0.15, 0.2) is 36.7 Å². The van der Waals surface area contributed by atoms with Gasteiger partial charge in [-0.1, -0.05) is 38.1 Å². The Kier molecular flexibility index (Phi) is 3.38. The quantitative estimate of drug-likeness (QED) is 0.842. The third kappa shape index (κ3) is 2.43. The van der Waals surface area contributed by atoms with Crippen LogP contribution >= 0.6 is 0 Å². The summed E-state index contributed by atoms with van der Waals surface area (Å²) in [4.78, 5) is 4.44. The zero-order valence-electron chi connectivity index (χ0n) is 11.5. The third-order valence-corrected chi connectivity index (χ3v) is 3.72. The minimum absolute atomic E-state index is 0.150. The standard InChI is InChI=1S/C16H20N2O/c1-12(2)16-17-8-9-18(16)11-15-14-6-4-3-5-13(14)7-10-19-15/h3-6,8-9,12,15H,7,10-11H2,1-2H3. The predicted octanol–water partition coefficient (Wildman–Crippen LogP) is 3.32. The van der Waals surface area contributed by atoms with Crippen LogP contribution in [0.4, 0.5) is 0 Å². The van der Waals surface area contributed by atoms with Crippen LogP contribution in [0.3, 0.4) is 0 Å². The third-order valence-electron chi connectivity index (χ3n) is 3.72. The second-order valence-electron chi connectivity index (χ2n) is 5.40. The molecule has 0 saturated heterocycles. The molecular formula is C16H20N2O. The van der Waals surface area contributed by atoms with Crippen molar-refractivity contribution in [3.63, 3.8) is 0 Å². The van der Waals surface area contributed by atoms with Crippen molar-refractivity contribution in [1.29, 1.82) is 0 Å². The van der Waals surface area contributed by atoms with Crippen molar-refractivity contribution in [2.24, 2.45) is 0 Å². The van der Waals surface area contributed by atoms with Gasteiger partial charge in [-0.15, -0.1) is 0 Å². The van der Waals surface area contributed by atoms with Gasteiger partial charge in [-0.2, -0.15) is 0 Å². The summed E-state index contributed by atoms with van der Waals surface area (Å²) in [6.45, 7) is 6.01. The van der Waals surface area contributed by atoms with Crippen molar-refractivity contribution < 1.29 is 4.74 Å². The number of imidazole rings is 1. The Balaban J connectivity index is 1.87. The van der Waals surface area contributed by atoms with E-state index in [0.29, 0.717) is 5.92 Å². The van der Waals surface area contributed by atoms with Crippen molar-refractivity contribution >= 4 is 0 Å². The highest BCUT2D eigenvalue weighted by Crippen LogP contribution is 2.29. The van der Waals surface area contributed by atoms with Gasteiger partial charge in [0.15, 0.2) is 0 Å². The number of fused-ring (bicyclic) bond motifs is 1. The summed E-state index contributed by atoms with van der Waals surface area (Å²) in [5, 5.41) is 0. The lowest BCUT2D eigenvalue weighted by molar-refractivity contribution is 0.0299. The molecule has 2 heterocycles. The first kappa shape index (κ1) is 12.4. The van der Waals surface area contributed by atoms with Gasteiger partial charge in [-0.3, -0.25) is 0 Å². The Morgan fingerprint density at radius 2 is 2.21 bits per heavy atom. The van der Waals surface area contributed by atoms with Crippen LogP contribution in [0.5, 0.6) is 0 Å². The fourth-order valence-corrected chi connectivity index (χ4v) is 2.78. The van der Waals surface area contributed by atoms with Crippen LogP contribution in [0.25, 0.3) is 0 Å². The molecule has 3 heteroatoms. The van der Waals surface area contributed by atoms with Gasteiger partial charge < -0.3 is 9.30 Å². The van der Waals surface area contributed by atoms with Crippen molar-refractivity contribution in [2.45, 2.75) is 38.8 Å². The maximum absolute atomic E-state index is 5.96. The minimum Gasteiger partial charge on any atom is -0.371 e. The van der Waals surface area contributed by atoms with Crippen LogP contribution in [-0.2, 0) is 17.7 Å². The van der Waals surface area contributed by atoms with Crippen molar-refractivity contribution in [2.75, 3.05) is 6.61 Å². The number of rotatable bonds is 3. The smallest absolute Gasteiger partial charge is 0.111 e. The number of hydrogen-bond acceptors (Lipinski definition) is 2. The molecule has 3 nitrogen and oxygen atoms in total. The van der Waals surface area contributed by atoms with Crippen LogP contribution in [0, 0.1) is 0 Å². The molecule has 0 amide bonds. The molecule has 2 aromatic rings. The van der Waals surface area contributed by atoms with E-state index in [0.717, 1.165) is 25.4 Å². The number of aromatic nitrogens is 2. The molecule has 1 aliphatic rings. The summed E-state index contributed by atoms with van der Waals surface area (Å²) in [7, 11) is 0. The molecule has 1 unspecified atom stereocenters. The number of ether oxygens (including phenoxy) is 1. The Morgan fingerprint density at radius 3 is 3.05 bits per heavy atom. The monoisotopic (exact) mass is 256 g/mol.